The molecule has 0 atom stereocenters. The van der Waals surface area contributed by atoms with Crippen LogP contribution in [-0.2, 0) is 9.63 Å². The van der Waals surface area contributed by atoms with E-state index < -0.39 is 17.9 Å². The molecule has 20 heavy (non-hydrogen) atoms. The number of nitrogens with one attached hydrogen (secondary N) is 2. The zero-order chi connectivity index (χ0) is 14.7. The molecular weight excluding hydrogens is 264 g/mol. The molecule has 1 heterocycles. The first-order valence-electron chi connectivity index (χ1n) is 5.76. The summed E-state index contributed by atoms with van der Waals surface area (Å²) in [7, 11) is 0. The van der Waals surface area contributed by atoms with E-state index >= 15 is 0 Å². The number of amides is 3. The first kappa shape index (κ1) is 13.5. The molecular formula is C12H12N4O4. The molecule has 0 radical (unpaired) electrons. The molecule has 104 valence electrons. The SMILES string of the molecule is N=C1CCC(=O)N1OC(=O)Nc1ccc(C(N)=O)cc1. The summed E-state index contributed by atoms with van der Waals surface area (Å²) in [6, 6.07) is 5.83. The zero-order valence-electron chi connectivity index (χ0n) is 10.4. The van der Waals surface area contributed by atoms with Crippen molar-refractivity contribution in [3.05, 3.63) is 29.8 Å². The maximum atomic E-state index is 11.6. The van der Waals surface area contributed by atoms with Crippen LogP contribution in [0.25, 0.3) is 0 Å². The van der Waals surface area contributed by atoms with E-state index in [1.54, 1.807) is 0 Å². The molecule has 0 aliphatic carbocycles. The van der Waals surface area contributed by atoms with Crippen molar-refractivity contribution in [3.63, 3.8) is 0 Å². The van der Waals surface area contributed by atoms with Crippen LogP contribution in [0, 0.1) is 5.41 Å². The Kier molecular flexibility index (Phi) is 3.65. The molecule has 0 spiro atoms. The number of hydrogen-bond acceptors (Lipinski definition) is 5. The van der Waals surface area contributed by atoms with Gasteiger partial charge in [0.05, 0.1) is 0 Å². The Balaban J connectivity index is 1.96. The number of anilines is 1. The first-order chi connectivity index (χ1) is 9.47. The molecule has 1 saturated heterocycles. The number of amidine groups is 1. The minimum Gasteiger partial charge on any atom is -0.366 e. The molecule has 4 N–H and O–H groups in total. The lowest BCUT2D eigenvalue weighted by Gasteiger charge is -2.14. The highest BCUT2D eigenvalue weighted by molar-refractivity contribution is 6.03. The number of hydrogen-bond donors (Lipinski definition) is 3. The van der Waals surface area contributed by atoms with Crippen LogP contribution in [0.4, 0.5) is 10.5 Å². The van der Waals surface area contributed by atoms with E-state index in [1.807, 2.05) is 0 Å². The molecule has 8 nitrogen and oxygen atoms in total. The Morgan fingerprint density at radius 3 is 2.40 bits per heavy atom. The molecule has 8 heteroatoms. The predicted molar refractivity (Wildman–Crippen MR) is 68.9 cm³/mol. The third kappa shape index (κ3) is 2.91. The van der Waals surface area contributed by atoms with Crippen molar-refractivity contribution in [3.8, 4) is 0 Å². The van der Waals surface area contributed by atoms with Gasteiger partial charge in [-0.3, -0.25) is 20.3 Å². The van der Waals surface area contributed by atoms with Gasteiger partial charge in [0.2, 0.25) is 5.91 Å². The lowest BCUT2D eigenvalue weighted by atomic mass is 10.2. The largest absolute Gasteiger partial charge is 0.436 e. The first-order valence-corrected chi connectivity index (χ1v) is 5.76. The number of nitrogens with two attached hydrogens (primary N) is 1. The lowest BCUT2D eigenvalue weighted by Crippen LogP contribution is -2.33. The number of hydroxylamine groups is 2. The van der Waals surface area contributed by atoms with Gasteiger partial charge < -0.3 is 10.6 Å². The topological polar surface area (TPSA) is 126 Å². The summed E-state index contributed by atoms with van der Waals surface area (Å²) >= 11 is 0. The molecule has 1 aromatic rings. The molecule has 0 bridgehead atoms. The fraction of sp³-hybridized carbons (Fsp3) is 0.167. The van der Waals surface area contributed by atoms with Gasteiger partial charge in [-0.1, -0.05) is 0 Å². The number of rotatable bonds is 3. The van der Waals surface area contributed by atoms with Gasteiger partial charge in [0.25, 0.3) is 5.91 Å². The summed E-state index contributed by atoms with van der Waals surface area (Å²) in [5, 5.41) is 10.5. The minimum atomic E-state index is -0.892. The fourth-order valence-electron chi connectivity index (χ4n) is 1.63. The maximum absolute atomic E-state index is 11.6. The molecule has 1 aliphatic heterocycles. The Morgan fingerprint density at radius 1 is 1.25 bits per heavy atom. The van der Waals surface area contributed by atoms with Gasteiger partial charge in [0, 0.05) is 24.1 Å². The van der Waals surface area contributed by atoms with E-state index in [9.17, 15) is 14.4 Å². The van der Waals surface area contributed by atoms with Crippen LogP contribution < -0.4 is 11.1 Å². The Hall–Kier alpha value is -2.90. The van der Waals surface area contributed by atoms with Crippen LogP contribution in [0.3, 0.4) is 0 Å². The predicted octanol–water partition coefficient (Wildman–Crippen LogP) is 0.849. The molecule has 1 aromatic carbocycles. The average Bonchev–Trinajstić information content (AvgIpc) is 2.71. The van der Waals surface area contributed by atoms with E-state index in [0.29, 0.717) is 16.3 Å². The van der Waals surface area contributed by atoms with Crippen molar-refractivity contribution in [1.29, 1.82) is 5.41 Å². The standard InChI is InChI=1S/C12H12N4O4/c13-9-5-6-10(17)16(9)20-12(19)15-8-3-1-7(2-4-8)11(14)18/h1-4,13H,5-6H2,(H2,14,18)(H,15,19). The highest BCUT2D eigenvalue weighted by Gasteiger charge is 2.29. The van der Waals surface area contributed by atoms with Gasteiger partial charge in [-0.25, -0.2) is 4.79 Å². The monoisotopic (exact) mass is 276 g/mol. The number of nitrogens with zero attached hydrogens (tertiary/aromatic N) is 1. The summed E-state index contributed by atoms with van der Waals surface area (Å²) in [5.41, 5.74) is 5.77. The average molecular weight is 276 g/mol. The third-order valence-corrected chi connectivity index (χ3v) is 2.64. The maximum Gasteiger partial charge on any atom is 0.436 e. The summed E-state index contributed by atoms with van der Waals surface area (Å²) in [5.74, 6) is -1.07. The Morgan fingerprint density at radius 2 is 1.90 bits per heavy atom. The number of primary amides is 1. The van der Waals surface area contributed by atoms with Crippen LogP contribution in [0.15, 0.2) is 24.3 Å². The van der Waals surface area contributed by atoms with Gasteiger partial charge in [-0.2, -0.15) is 0 Å². The third-order valence-electron chi connectivity index (χ3n) is 2.64. The second kappa shape index (κ2) is 5.39. The van der Waals surface area contributed by atoms with Crippen molar-refractivity contribution in [2.45, 2.75) is 12.8 Å². The summed E-state index contributed by atoms with van der Waals surface area (Å²) in [6.45, 7) is 0. The van der Waals surface area contributed by atoms with Crippen molar-refractivity contribution in [2.24, 2.45) is 5.73 Å². The van der Waals surface area contributed by atoms with E-state index in [0.717, 1.165) is 0 Å². The van der Waals surface area contributed by atoms with Gasteiger partial charge in [-0.15, -0.1) is 5.06 Å². The summed E-state index contributed by atoms with van der Waals surface area (Å²) in [4.78, 5) is 38.5. The normalized spacial score (nSPS) is 14.3. The van der Waals surface area contributed by atoms with Crippen LogP contribution in [-0.4, -0.2) is 28.8 Å². The van der Waals surface area contributed by atoms with Crippen molar-refractivity contribution < 1.29 is 19.2 Å². The van der Waals surface area contributed by atoms with E-state index in [4.69, 9.17) is 16.0 Å². The zero-order valence-corrected chi connectivity index (χ0v) is 10.4. The van der Waals surface area contributed by atoms with Crippen LogP contribution in [0.1, 0.15) is 23.2 Å². The molecule has 0 saturated carbocycles. The van der Waals surface area contributed by atoms with E-state index in [1.165, 1.54) is 24.3 Å². The quantitative estimate of drug-likeness (QED) is 0.756. The second-order valence-electron chi connectivity index (χ2n) is 4.08. The number of benzene rings is 1. The molecule has 0 unspecified atom stereocenters. The second-order valence-corrected chi connectivity index (χ2v) is 4.08. The van der Waals surface area contributed by atoms with Gasteiger partial charge >= 0.3 is 6.09 Å². The van der Waals surface area contributed by atoms with E-state index in [-0.39, 0.29) is 18.7 Å². The summed E-state index contributed by atoms with van der Waals surface area (Å²) in [6.07, 6.45) is -0.490. The highest BCUT2D eigenvalue weighted by atomic mass is 16.7. The molecule has 1 fully saturated rings. The van der Waals surface area contributed by atoms with Crippen molar-refractivity contribution >= 4 is 29.4 Å². The molecule has 1 aliphatic rings. The fourth-order valence-corrected chi connectivity index (χ4v) is 1.63. The molecule has 2 rings (SSSR count). The Bertz CT molecular complexity index is 566. The van der Waals surface area contributed by atoms with Crippen molar-refractivity contribution in [2.75, 3.05) is 5.32 Å². The smallest absolute Gasteiger partial charge is 0.366 e. The van der Waals surface area contributed by atoms with Crippen LogP contribution in [0.2, 0.25) is 0 Å². The highest BCUT2D eigenvalue weighted by Crippen LogP contribution is 2.14. The lowest BCUT2D eigenvalue weighted by molar-refractivity contribution is -0.145. The Labute approximate surface area is 114 Å². The van der Waals surface area contributed by atoms with E-state index in [2.05, 4.69) is 5.32 Å². The summed E-state index contributed by atoms with van der Waals surface area (Å²) < 4.78 is 0. The van der Waals surface area contributed by atoms with Crippen molar-refractivity contribution in [1.82, 2.24) is 5.06 Å². The van der Waals surface area contributed by atoms with Crippen LogP contribution >= 0.6 is 0 Å². The van der Waals surface area contributed by atoms with Gasteiger partial charge in [0.1, 0.15) is 5.84 Å². The number of carbonyl (C=O) groups excluding carboxylic acids is 3. The van der Waals surface area contributed by atoms with Gasteiger partial charge in [0.15, 0.2) is 0 Å². The van der Waals surface area contributed by atoms with Crippen LogP contribution in [0.5, 0.6) is 0 Å². The molecule has 3 amide bonds. The van der Waals surface area contributed by atoms with Gasteiger partial charge in [-0.05, 0) is 24.3 Å². The number of carbonyl (C=O) groups is 3. The minimum absolute atomic E-state index is 0.0609. The molecule has 0 aromatic heterocycles.